The fourth-order valence-electron chi connectivity index (χ4n) is 2.81. The quantitative estimate of drug-likeness (QED) is 0.702. The Morgan fingerprint density at radius 2 is 2.00 bits per heavy atom. The number of H-pyrrole nitrogens is 1. The van der Waals surface area contributed by atoms with Crippen molar-refractivity contribution >= 4 is 28.2 Å². The lowest BCUT2D eigenvalue weighted by atomic mass is 9.91. The van der Waals surface area contributed by atoms with Gasteiger partial charge in [-0.15, -0.1) is 11.3 Å². The van der Waals surface area contributed by atoms with E-state index in [0.717, 1.165) is 10.3 Å². The summed E-state index contributed by atoms with van der Waals surface area (Å²) in [6.45, 7) is 0. The number of aromatic amines is 1. The van der Waals surface area contributed by atoms with Crippen LogP contribution in [0.3, 0.4) is 0 Å². The SMILES string of the molecule is O=C1C[C@@H](c2cccs2)c2c(c3ccccc3[nH]c2=O)O1. The van der Waals surface area contributed by atoms with E-state index in [0.29, 0.717) is 16.8 Å². The Labute approximate surface area is 124 Å². The Balaban J connectivity index is 2.06. The van der Waals surface area contributed by atoms with Crippen LogP contribution in [-0.2, 0) is 4.79 Å². The summed E-state index contributed by atoms with van der Waals surface area (Å²) in [6, 6.07) is 11.2. The third kappa shape index (κ3) is 1.89. The number of ether oxygens (including phenoxy) is 1. The summed E-state index contributed by atoms with van der Waals surface area (Å²) in [6.07, 6.45) is 0.203. The van der Waals surface area contributed by atoms with E-state index < -0.39 is 0 Å². The number of carbonyl (C=O) groups is 1. The molecule has 21 heavy (non-hydrogen) atoms. The number of esters is 1. The highest BCUT2D eigenvalue weighted by Crippen LogP contribution is 2.41. The Hall–Kier alpha value is -2.40. The summed E-state index contributed by atoms with van der Waals surface area (Å²) in [5, 5.41) is 2.71. The van der Waals surface area contributed by atoms with Gasteiger partial charge >= 0.3 is 5.97 Å². The zero-order valence-corrected chi connectivity index (χ0v) is 11.8. The highest BCUT2D eigenvalue weighted by molar-refractivity contribution is 7.10. The molecule has 2 aromatic heterocycles. The average molecular weight is 297 g/mol. The number of carbonyl (C=O) groups excluding carboxylic acids is 1. The van der Waals surface area contributed by atoms with Gasteiger partial charge in [0, 0.05) is 16.2 Å². The van der Waals surface area contributed by atoms with Crippen LogP contribution in [0.25, 0.3) is 10.9 Å². The number of pyridine rings is 1. The van der Waals surface area contributed by atoms with Crippen LogP contribution in [0.5, 0.6) is 5.75 Å². The van der Waals surface area contributed by atoms with E-state index in [-0.39, 0.29) is 23.9 Å². The summed E-state index contributed by atoms with van der Waals surface area (Å²) in [7, 11) is 0. The lowest BCUT2D eigenvalue weighted by molar-refractivity contribution is -0.135. The molecule has 1 N–H and O–H groups in total. The first-order valence-electron chi connectivity index (χ1n) is 6.63. The molecule has 0 saturated heterocycles. The first-order valence-corrected chi connectivity index (χ1v) is 7.51. The molecule has 0 bridgehead atoms. The van der Waals surface area contributed by atoms with Crippen molar-refractivity contribution in [1.29, 1.82) is 0 Å². The molecule has 0 unspecified atom stereocenters. The van der Waals surface area contributed by atoms with Gasteiger partial charge in [-0.2, -0.15) is 0 Å². The lowest BCUT2D eigenvalue weighted by Crippen LogP contribution is -2.27. The minimum Gasteiger partial charge on any atom is -0.425 e. The monoisotopic (exact) mass is 297 g/mol. The van der Waals surface area contributed by atoms with Gasteiger partial charge in [-0.05, 0) is 23.6 Å². The van der Waals surface area contributed by atoms with Crippen LogP contribution in [-0.4, -0.2) is 11.0 Å². The van der Waals surface area contributed by atoms with Gasteiger partial charge in [0.05, 0.1) is 17.5 Å². The number of benzene rings is 1. The predicted molar refractivity (Wildman–Crippen MR) is 81.0 cm³/mol. The topological polar surface area (TPSA) is 59.2 Å². The van der Waals surface area contributed by atoms with E-state index in [4.69, 9.17) is 4.74 Å². The standard InChI is InChI=1S/C16H11NO3S/c18-13-8-10(12-6-3-7-21-12)14-15(20-13)9-4-1-2-5-11(9)17-16(14)19/h1-7,10H,8H2,(H,17,19)/t10-/m0/s1. The fraction of sp³-hybridized carbons (Fsp3) is 0.125. The van der Waals surface area contributed by atoms with Crippen molar-refractivity contribution < 1.29 is 9.53 Å². The van der Waals surface area contributed by atoms with Crippen LogP contribution in [0.1, 0.15) is 22.8 Å². The third-order valence-electron chi connectivity index (χ3n) is 3.73. The second kappa shape index (κ2) is 4.56. The van der Waals surface area contributed by atoms with Gasteiger partial charge in [-0.3, -0.25) is 9.59 Å². The van der Waals surface area contributed by atoms with Crippen LogP contribution >= 0.6 is 11.3 Å². The minimum absolute atomic E-state index is 0.186. The Morgan fingerprint density at radius 1 is 1.14 bits per heavy atom. The molecule has 1 aliphatic heterocycles. The number of rotatable bonds is 1. The Morgan fingerprint density at radius 3 is 2.81 bits per heavy atom. The van der Waals surface area contributed by atoms with E-state index in [9.17, 15) is 9.59 Å². The number of aromatic nitrogens is 1. The molecule has 1 aliphatic rings. The van der Waals surface area contributed by atoms with Gasteiger partial charge in [0.25, 0.3) is 5.56 Å². The first-order chi connectivity index (χ1) is 10.2. The molecule has 0 saturated carbocycles. The van der Waals surface area contributed by atoms with Crippen LogP contribution in [0.2, 0.25) is 0 Å². The van der Waals surface area contributed by atoms with Crippen molar-refractivity contribution in [3.63, 3.8) is 0 Å². The van der Waals surface area contributed by atoms with Gasteiger partial charge in [0.2, 0.25) is 0 Å². The number of fused-ring (bicyclic) bond motifs is 3. The number of hydrogen-bond donors (Lipinski definition) is 1. The molecule has 104 valence electrons. The number of hydrogen-bond acceptors (Lipinski definition) is 4. The van der Waals surface area contributed by atoms with Crippen molar-refractivity contribution in [3.05, 3.63) is 62.6 Å². The number of thiophene rings is 1. The minimum atomic E-state index is -0.295. The average Bonchev–Trinajstić information content (AvgIpc) is 3.00. The van der Waals surface area contributed by atoms with Gasteiger partial charge < -0.3 is 9.72 Å². The van der Waals surface area contributed by atoms with Crippen LogP contribution in [0.15, 0.2) is 46.6 Å². The van der Waals surface area contributed by atoms with Crippen molar-refractivity contribution in [2.24, 2.45) is 0 Å². The molecule has 0 spiro atoms. The Bertz CT molecular complexity index is 896. The summed E-state index contributed by atoms with van der Waals surface area (Å²) >= 11 is 1.55. The fourth-order valence-corrected chi connectivity index (χ4v) is 3.65. The zero-order valence-electron chi connectivity index (χ0n) is 11.0. The van der Waals surface area contributed by atoms with Gasteiger partial charge in [0.15, 0.2) is 0 Å². The van der Waals surface area contributed by atoms with E-state index >= 15 is 0 Å². The van der Waals surface area contributed by atoms with Gasteiger partial charge in [-0.25, -0.2) is 0 Å². The van der Waals surface area contributed by atoms with Gasteiger partial charge in [-0.1, -0.05) is 18.2 Å². The number of nitrogens with one attached hydrogen (secondary N) is 1. The van der Waals surface area contributed by atoms with Gasteiger partial charge in [0.1, 0.15) is 5.75 Å². The highest BCUT2D eigenvalue weighted by atomic mass is 32.1. The highest BCUT2D eigenvalue weighted by Gasteiger charge is 2.33. The molecule has 0 aliphatic carbocycles. The van der Waals surface area contributed by atoms with E-state index in [2.05, 4.69) is 4.98 Å². The smallest absolute Gasteiger partial charge is 0.312 e. The van der Waals surface area contributed by atoms with Crippen LogP contribution in [0, 0.1) is 0 Å². The lowest BCUT2D eigenvalue weighted by Gasteiger charge is -2.23. The molecule has 0 amide bonds. The normalized spacial score (nSPS) is 17.5. The van der Waals surface area contributed by atoms with E-state index in [1.165, 1.54) is 0 Å². The molecule has 4 nitrogen and oxygen atoms in total. The molecule has 3 aromatic rings. The van der Waals surface area contributed by atoms with E-state index in [1.54, 1.807) is 17.4 Å². The molecule has 0 radical (unpaired) electrons. The van der Waals surface area contributed by atoms with E-state index in [1.807, 2.05) is 35.7 Å². The van der Waals surface area contributed by atoms with Crippen molar-refractivity contribution in [2.45, 2.75) is 12.3 Å². The second-order valence-corrected chi connectivity index (χ2v) is 5.97. The summed E-state index contributed by atoms with van der Waals surface area (Å²) < 4.78 is 5.40. The number of para-hydroxylation sites is 1. The maximum Gasteiger partial charge on any atom is 0.312 e. The molecule has 1 atom stereocenters. The van der Waals surface area contributed by atoms with Crippen LogP contribution in [0.4, 0.5) is 0 Å². The molecule has 3 heterocycles. The molecule has 4 rings (SSSR count). The summed E-state index contributed by atoms with van der Waals surface area (Å²) in [5.74, 6) is -0.116. The molecular weight excluding hydrogens is 286 g/mol. The first kappa shape index (κ1) is 12.3. The second-order valence-electron chi connectivity index (χ2n) is 4.99. The third-order valence-corrected chi connectivity index (χ3v) is 4.72. The molecule has 5 heteroatoms. The summed E-state index contributed by atoms with van der Waals surface area (Å²) in [5.41, 5.74) is 1.05. The predicted octanol–water partition coefficient (Wildman–Crippen LogP) is 3.03. The molecular formula is C16H11NO3S. The Kier molecular flexibility index (Phi) is 2.68. The van der Waals surface area contributed by atoms with Crippen molar-refractivity contribution in [2.75, 3.05) is 0 Å². The maximum absolute atomic E-state index is 12.4. The maximum atomic E-state index is 12.4. The largest absolute Gasteiger partial charge is 0.425 e. The molecule has 0 fully saturated rings. The van der Waals surface area contributed by atoms with Crippen LogP contribution < -0.4 is 10.3 Å². The summed E-state index contributed by atoms with van der Waals surface area (Å²) in [4.78, 5) is 28.3. The molecule has 1 aromatic carbocycles. The van der Waals surface area contributed by atoms with Crippen molar-refractivity contribution in [3.8, 4) is 5.75 Å². The zero-order chi connectivity index (χ0) is 14.4. The van der Waals surface area contributed by atoms with Crippen molar-refractivity contribution in [1.82, 2.24) is 4.98 Å².